The number of guanidine groups is 1. The minimum Gasteiger partial charge on any atom is -0.497 e. The molecule has 29 heavy (non-hydrogen) atoms. The highest BCUT2D eigenvalue weighted by molar-refractivity contribution is 14.0. The minimum absolute atomic E-state index is 0. The number of likely N-dealkylation sites (tertiary alicyclic amines) is 1. The predicted molar refractivity (Wildman–Crippen MR) is 128 cm³/mol. The van der Waals surface area contributed by atoms with Gasteiger partial charge in [-0.2, -0.15) is 0 Å². The topological polar surface area (TPSA) is 59.0 Å². The number of ether oxygens (including phenoxy) is 2. The number of aryl methyl sites for hydroxylation is 1. The number of aromatic nitrogens is 1. The maximum absolute atomic E-state index is 5.51. The Hall–Kier alpha value is -2.03. The highest BCUT2D eigenvalue weighted by Gasteiger charge is 2.26. The van der Waals surface area contributed by atoms with Crippen LogP contribution in [0.1, 0.15) is 34.7 Å². The lowest BCUT2D eigenvalue weighted by Crippen LogP contribution is -2.39. The van der Waals surface area contributed by atoms with Crippen LogP contribution in [-0.4, -0.2) is 50.2 Å². The number of hydrogen-bond acceptors (Lipinski definition) is 4. The van der Waals surface area contributed by atoms with E-state index in [1.807, 2.05) is 39.2 Å². The van der Waals surface area contributed by atoms with Crippen LogP contribution in [0.4, 0.5) is 0 Å². The average Bonchev–Trinajstić information content (AvgIpc) is 3.20. The normalized spacial score (nSPS) is 16.4. The Kier molecular flexibility index (Phi) is 8.55. The van der Waals surface area contributed by atoms with Crippen LogP contribution in [-0.2, 0) is 6.54 Å². The van der Waals surface area contributed by atoms with Gasteiger partial charge in [0, 0.05) is 43.4 Å². The Morgan fingerprint density at radius 2 is 1.93 bits per heavy atom. The fraction of sp³-hybridized carbons (Fsp3) is 0.455. The molecule has 7 heteroatoms. The van der Waals surface area contributed by atoms with Crippen LogP contribution in [0.3, 0.4) is 0 Å². The molecule has 0 bridgehead atoms. The summed E-state index contributed by atoms with van der Waals surface area (Å²) in [5, 5.41) is 3.47. The number of rotatable bonds is 5. The lowest BCUT2D eigenvalue weighted by atomic mass is 9.98. The molecule has 1 N–H and O–H groups in total. The maximum Gasteiger partial charge on any atom is 0.193 e. The number of aliphatic imine (C=N–C) groups is 1. The summed E-state index contributed by atoms with van der Waals surface area (Å²) in [6.07, 6.45) is 2.98. The SMILES string of the molecule is CN=C(NCc1ncc(C)c(OC)c1C)N1CCC(c2ccc(OC)cc2)C1.I. The molecule has 1 saturated heterocycles. The fourth-order valence-electron chi connectivity index (χ4n) is 3.85. The first kappa shape index (κ1) is 23.3. The Bertz CT molecular complexity index is 839. The van der Waals surface area contributed by atoms with Crippen LogP contribution in [0, 0.1) is 13.8 Å². The number of nitrogens with zero attached hydrogens (tertiary/aromatic N) is 3. The molecule has 1 aliphatic rings. The van der Waals surface area contributed by atoms with Gasteiger partial charge < -0.3 is 19.7 Å². The quantitative estimate of drug-likeness (QED) is 0.376. The van der Waals surface area contributed by atoms with Crippen molar-refractivity contribution in [2.75, 3.05) is 34.4 Å². The molecule has 0 saturated carbocycles. The highest BCUT2D eigenvalue weighted by atomic mass is 127. The van der Waals surface area contributed by atoms with Gasteiger partial charge in [0.05, 0.1) is 26.5 Å². The first-order chi connectivity index (χ1) is 13.6. The molecule has 0 spiro atoms. The van der Waals surface area contributed by atoms with E-state index in [0.717, 1.165) is 53.8 Å². The zero-order valence-corrected chi connectivity index (χ0v) is 20.2. The van der Waals surface area contributed by atoms with Gasteiger partial charge in [0.25, 0.3) is 0 Å². The van der Waals surface area contributed by atoms with E-state index in [1.165, 1.54) is 5.56 Å². The lowest BCUT2D eigenvalue weighted by molar-refractivity contribution is 0.406. The van der Waals surface area contributed by atoms with Crippen molar-refractivity contribution < 1.29 is 9.47 Å². The van der Waals surface area contributed by atoms with E-state index in [0.29, 0.717) is 12.5 Å². The van der Waals surface area contributed by atoms with Gasteiger partial charge in [-0.3, -0.25) is 9.98 Å². The summed E-state index contributed by atoms with van der Waals surface area (Å²) in [4.78, 5) is 11.4. The van der Waals surface area contributed by atoms with E-state index < -0.39 is 0 Å². The number of halogens is 1. The summed E-state index contributed by atoms with van der Waals surface area (Å²) in [7, 11) is 5.23. The third-order valence-electron chi connectivity index (χ3n) is 5.45. The van der Waals surface area contributed by atoms with E-state index in [2.05, 4.69) is 32.3 Å². The van der Waals surface area contributed by atoms with E-state index in [1.54, 1.807) is 14.2 Å². The number of benzene rings is 1. The van der Waals surface area contributed by atoms with Crippen LogP contribution >= 0.6 is 24.0 Å². The average molecular weight is 510 g/mol. The molecule has 0 aliphatic carbocycles. The standard InChI is InChI=1S/C22H30N4O2.HI/c1-15-12-24-20(16(2)21(15)28-5)13-25-22(23-3)26-11-10-18(14-26)17-6-8-19(27-4)9-7-17;/h6-9,12,18H,10-11,13-14H2,1-5H3,(H,23,25);1H. The van der Waals surface area contributed by atoms with Crippen LogP contribution in [0.15, 0.2) is 35.5 Å². The van der Waals surface area contributed by atoms with E-state index in [-0.39, 0.29) is 24.0 Å². The van der Waals surface area contributed by atoms with Crippen molar-refractivity contribution in [3.05, 3.63) is 52.8 Å². The van der Waals surface area contributed by atoms with Crippen molar-refractivity contribution in [2.24, 2.45) is 4.99 Å². The van der Waals surface area contributed by atoms with Crippen molar-refractivity contribution in [2.45, 2.75) is 32.7 Å². The molecule has 1 aliphatic heterocycles. The molecule has 0 radical (unpaired) electrons. The zero-order chi connectivity index (χ0) is 20.1. The smallest absolute Gasteiger partial charge is 0.193 e. The van der Waals surface area contributed by atoms with Crippen molar-refractivity contribution in [3.63, 3.8) is 0 Å². The molecule has 6 nitrogen and oxygen atoms in total. The summed E-state index contributed by atoms with van der Waals surface area (Å²) in [5.41, 5.74) is 4.45. The monoisotopic (exact) mass is 510 g/mol. The van der Waals surface area contributed by atoms with Gasteiger partial charge in [0.15, 0.2) is 5.96 Å². The highest BCUT2D eigenvalue weighted by Crippen LogP contribution is 2.29. The maximum atomic E-state index is 5.51. The van der Waals surface area contributed by atoms with Gasteiger partial charge in [-0.1, -0.05) is 12.1 Å². The van der Waals surface area contributed by atoms with Crippen molar-refractivity contribution >= 4 is 29.9 Å². The fourth-order valence-corrected chi connectivity index (χ4v) is 3.85. The Labute approximate surface area is 190 Å². The molecule has 1 aromatic carbocycles. The van der Waals surface area contributed by atoms with Gasteiger partial charge in [-0.05, 0) is 38.0 Å². The van der Waals surface area contributed by atoms with Gasteiger partial charge >= 0.3 is 0 Å². The molecular formula is C22H31IN4O2. The Morgan fingerprint density at radius 1 is 1.21 bits per heavy atom. The van der Waals surface area contributed by atoms with Gasteiger partial charge in [0.1, 0.15) is 11.5 Å². The summed E-state index contributed by atoms with van der Waals surface area (Å²) >= 11 is 0. The molecule has 1 unspecified atom stereocenters. The molecule has 0 amide bonds. The van der Waals surface area contributed by atoms with Crippen LogP contribution in [0.5, 0.6) is 11.5 Å². The van der Waals surface area contributed by atoms with Gasteiger partial charge in [0.2, 0.25) is 0 Å². The van der Waals surface area contributed by atoms with Crippen LogP contribution in [0.2, 0.25) is 0 Å². The third-order valence-corrected chi connectivity index (χ3v) is 5.45. The minimum atomic E-state index is 0. The number of pyridine rings is 1. The third kappa shape index (κ3) is 5.32. The Morgan fingerprint density at radius 3 is 2.55 bits per heavy atom. The van der Waals surface area contributed by atoms with Crippen LogP contribution < -0.4 is 14.8 Å². The second-order valence-electron chi connectivity index (χ2n) is 7.15. The molecule has 158 valence electrons. The molecule has 1 aromatic heterocycles. The summed E-state index contributed by atoms with van der Waals surface area (Å²) < 4.78 is 10.8. The lowest BCUT2D eigenvalue weighted by Gasteiger charge is -2.22. The molecule has 2 heterocycles. The van der Waals surface area contributed by atoms with Gasteiger partial charge in [-0.25, -0.2) is 0 Å². The van der Waals surface area contributed by atoms with E-state index >= 15 is 0 Å². The first-order valence-corrected chi connectivity index (χ1v) is 9.66. The van der Waals surface area contributed by atoms with E-state index in [9.17, 15) is 0 Å². The summed E-state index contributed by atoms with van der Waals surface area (Å²) in [5.74, 6) is 3.22. The second-order valence-corrected chi connectivity index (χ2v) is 7.15. The second kappa shape index (κ2) is 10.7. The molecule has 1 atom stereocenters. The summed E-state index contributed by atoms with van der Waals surface area (Å²) in [6.45, 7) is 6.63. The molecule has 2 aromatic rings. The number of hydrogen-bond donors (Lipinski definition) is 1. The van der Waals surface area contributed by atoms with E-state index in [4.69, 9.17) is 9.47 Å². The molecular weight excluding hydrogens is 479 g/mol. The largest absolute Gasteiger partial charge is 0.497 e. The zero-order valence-electron chi connectivity index (χ0n) is 17.9. The number of nitrogens with one attached hydrogen (secondary N) is 1. The Balaban J connectivity index is 0.00000300. The van der Waals surface area contributed by atoms with Crippen molar-refractivity contribution in [1.29, 1.82) is 0 Å². The van der Waals surface area contributed by atoms with Crippen molar-refractivity contribution in [3.8, 4) is 11.5 Å². The number of methoxy groups -OCH3 is 2. The molecule has 3 rings (SSSR count). The summed E-state index contributed by atoms with van der Waals surface area (Å²) in [6, 6.07) is 8.39. The predicted octanol–water partition coefficient (Wildman–Crippen LogP) is 3.90. The first-order valence-electron chi connectivity index (χ1n) is 9.66. The molecule has 1 fully saturated rings. The van der Waals surface area contributed by atoms with Gasteiger partial charge in [-0.15, -0.1) is 24.0 Å². The van der Waals surface area contributed by atoms with Crippen molar-refractivity contribution in [1.82, 2.24) is 15.2 Å². The van der Waals surface area contributed by atoms with Crippen LogP contribution in [0.25, 0.3) is 0 Å².